The topological polar surface area (TPSA) is 59.4 Å². The molecule has 0 amide bonds. The van der Waals surface area contributed by atoms with E-state index in [9.17, 15) is 0 Å². The predicted octanol–water partition coefficient (Wildman–Crippen LogP) is 3.99. The van der Waals surface area contributed by atoms with Crippen LogP contribution in [0.25, 0.3) is 22.3 Å². The molecule has 0 atom stereocenters. The van der Waals surface area contributed by atoms with Gasteiger partial charge in [0.1, 0.15) is 0 Å². The van der Waals surface area contributed by atoms with Crippen molar-refractivity contribution in [2.45, 2.75) is 26.3 Å². The van der Waals surface area contributed by atoms with E-state index in [4.69, 9.17) is 0 Å². The third-order valence-corrected chi connectivity index (χ3v) is 4.37. The van der Waals surface area contributed by atoms with Gasteiger partial charge in [-0.1, -0.05) is 38.1 Å². The van der Waals surface area contributed by atoms with Crippen molar-refractivity contribution in [1.82, 2.24) is 25.2 Å². The molecule has 4 rings (SSSR count). The maximum absolute atomic E-state index is 4.04. The Morgan fingerprint density at radius 3 is 2.58 bits per heavy atom. The molecule has 2 heterocycles. The lowest BCUT2D eigenvalue weighted by molar-refractivity contribution is 0.829. The largest absolute Gasteiger partial charge is 0.343 e. The van der Waals surface area contributed by atoms with Crippen molar-refractivity contribution in [3.63, 3.8) is 0 Å². The van der Waals surface area contributed by atoms with Gasteiger partial charge in [-0.3, -0.25) is 0 Å². The van der Waals surface area contributed by atoms with Crippen molar-refractivity contribution < 1.29 is 0 Å². The van der Waals surface area contributed by atoms with Gasteiger partial charge in [0, 0.05) is 29.2 Å². The average Bonchev–Trinajstić information content (AvgIpc) is 3.25. The molecule has 0 spiro atoms. The first-order valence-corrected chi connectivity index (χ1v) is 8.12. The fourth-order valence-corrected chi connectivity index (χ4v) is 2.97. The highest BCUT2D eigenvalue weighted by Gasteiger charge is 2.07. The Bertz CT molecular complexity index is 949. The van der Waals surface area contributed by atoms with Crippen molar-refractivity contribution in [3.8, 4) is 11.4 Å². The number of rotatable bonds is 4. The highest BCUT2D eigenvalue weighted by Crippen LogP contribution is 2.23. The number of nitrogens with one attached hydrogen (secondary N) is 1. The van der Waals surface area contributed by atoms with Crippen LogP contribution in [0.3, 0.4) is 0 Å². The molecule has 0 unspecified atom stereocenters. The van der Waals surface area contributed by atoms with Crippen LogP contribution in [0.1, 0.15) is 30.9 Å². The summed E-state index contributed by atoms with van der Waals surface area (Å²) in [6.45, 7) is 5.30. The van der Waals surface area contributed by atoms with Gasteiger partial charge in [0.15, 0.2) is 0 Å². The first-order chi connectivity index (χ1) is 11.7. The van der Waals surface area contributed by atoms with Crippen LogP contribution in [0.5, 0.6) is 0 Å². The number of benzene rings is 2. The van der Waals surface area contributed by atoms with Gasteiger partial charge in [0.2, 0.25) is 5.82 Å². The van der Waals surface area contributed by atoms with Gasteiger partial charge in [-0.05, 0) is 46.5 Å². The second-order valence-corrected chi connectivity index (χ2v) is 6.35. The Labute approximate surface area is 140 Å². The second kappa shape index (κ2) is 5.92. The van der Waals surface area contributed by atoms with E-state index in [-0.39, 0.29) is 0 Å². The van der Waals surface area contributed by atoms with Crippen LogP contribution in [0.15, 0.2) is 54.7 Å². The van der Waals surface area contributed by atoms with E-state index in [0.717, 1.165) is 12.1 Å². The number of hydrogen-bond acceptors (Lipinski definition) is 3. The van der Waals surface area contributed by atoms with Crippen LogP contribution in [0.4, 0.5) is 0 Å². The minimum Gasteiger partial charge on any atom is -0.343 e. The minimum absolute atomic E-state index is 0.565. The normalized spacial score (nSPS) is 11.5. The van der Waals surface area contributed by atoms with Crippen LogP contribution in [0, 0.1) is 0 Å². The number of tetrazole rings is 1. The number of fused-ring (bicyclic) bond motifs is 1. The molecule has 5 heteroatoms. The van der Waals surface area contributed by atoms with Crippen LogP contribution >= 0.6 is 0 Å². The smallest absolute Gasteiger partial charge is 0.204 e. The van der Waals surface area contributed by atoms with Gasteiger partial charge >= 0.3 is 0 Å². The molecule has 2 aromatic carbocycles. The summed E-state index contributed by atoms with van der Waals surface area (Å²) in [5.74, 6) is 1.18. The number of hydrogen-bond donors (Lipinski definition) is 1. The fourth-order valence-electron chi connectivity index (χ4n) is 2.97. The minimum atomic E-state index is 0.565. The molecular formula is C19H19N5. The maximum Gasteiger partial charge on any atom is 0.204 e. The highest BCUT2D eigenvalue weighted by molar-refractivity contribution is 5.84. The Morgan fingerprint density at radius 1 is 1.04 bits per heavy atom. The molecule has 0 fully saturated rings. The molecule has 4 aromatic rings. The molecule has 0 aliphatic heterocycles. The van der Waals surface area contributed by atoms with Crippen LogP contribution < -0.4 is 0 Å². The third kappa shape index (κ3) is 2.69. The molecule has 1 N–H and O–H groups in total. The molecule has 5 nitrogen and oxygen atoms in total. The summed E-state index contributed by atoms with van der Waals surface area (Å²) in [5.41, 5.74) is 4.85. The predicted molar refractivity (Wildman–Crippen MR) is 94.7 cm³/mol. The Balaban J connectivity index is 1.63. The van der Waals surface area contributed by atoms with Crippen LogP contribution in [-0.2, 0) is 6.54 Å². The first-order valence-electron chi connectivity index (χ1n) is 8.12. The summed E-state index contributed by atoms with van der Waals surface area (Å²) >= 11 is 0. The maximum atomic E-state index is 4.04. The van der Waals surface area contributed by atoms with Gasteiger partial charge in [-0.25, -0.2) is 0 Å². The lowest BCUT2D eigenvalue weighted by Crippen LogP contribution is -1.98. The molecule has 0 radical (unpaired) electrons. The van der Waals surface area contributed by atoms with Gasteiger partial charge in [0.05, 0.1) is 0 Å². The van der Waals surface area contributed by atoms with Crippen LogP contribution in [0.2, 0.25) is 0 Å². The number of aromatic amines is 1. The average molecular weight is 317 g/mol. The molecule has 24 heavy (non-hydrogen) atoms. The lowest BCUT2D eigenvalue weighted by atomic mass is 10.0. The SMILES string of the molecule is CC(C)c1ccc(Cn2ccc3cc(-c4nn[nH]n4)ccc32)cc1. The summed E-state index contributed by atoms with van der Waals surface area (Å²) in [6, 6.07) is 17.2. The van der Waals surface area contributed by atoms with Gasteiger partial charge in [-0.2, -0.15) is 5.21 Å². The molecule has 0 aliphatic rings. The van der Waals surface area contributed by atoms with E-state index in [2.05, 4.69) is 87.7 Å². The van der Waals surface area contributed by atoms with Crippen molar-refractivity contribution in [3.05, 3.63) is 65.9 Å². The summed E-state index contributed by atoms with van der Waals surface area (Å²) in [6.07, 6.45) is 2.13. The van der Waals surface area contributed by atoms with Crippen molar-refractivity contribution in [2.24, 2.45) is 0 Å². The lowest BCUT2D eigenvalue weighted by Gasteiger charge is -2.09. The van der Waals surface area contributed by atoms with Gasteiger partial charge < -0.3 is 4.57 Å². The Hall–Kier alpha value is -2.95. The third-order valence-electron chi connectivity index (χ3n) is 4.37. The van der Waals surface area contributed by atoms with E-state index in [1.54, 1.807) is 0 Å². The van der Waals surface area contributed by atoms with E-state index in [1.807, 2.05) is 6.07 Å². The van der Waals surface area contributed by atoms with Crippen molar-refractivity contribution >= 4 is 10.9 Å². The molecular weight excluding hydrogens is 298 g/mol. The van der Waals surface area contributed by atoms with E-state index in [0.29, 0.717) is 11.7 Å². The van der Waals surface area contributed by atoms with E-state index in [1.165, 1.54) is 22.0 Å². The fraction of sp³-hybridized carbons (Fsp3) is 0.211. The second-order valence-electron chi connectivity index (χ2n) is 6.35. The van der Waals surface area contributed by atoms with Gasteiger partial charge in [-0.15, -0.1) is 10.2 Å². The summed E-state index contributed by atoms with van der Waals surface area (Å²) in [5, 5.41) is 15.4. The zero-order chi connectivity index (χ0) is 16.5. The highest BCUT2D eigenvalue weighted by atomic mass is 15.5. The molecule has 0 saturated carbocycles. The zero-order valence-corrected chi connectivity index (χ0v) is 13.8. The standard InChI is InChI=1S/C19H19N5/c1-13(2)15-5-3-14(4-6-15)12-24-10-9-16-11-17(7-8-18(16)24)19-20-22-23-21-19/h3-11,13H,12H2,1-2H3,(H,20,21,22,23). The number of nitrogens with zero attached hydrogens (tertiary/aromatic N) is 4. The van der Waals surface area contributed by atoms with E-state index >= 15 is 0 Å². The number of H-pyrrole nitrogens is 1. The molecule has 2 aromatic heterocycles. The van der Waals surface area contributed by atoms with Crippen molar-refractivity contribution in [1.29, 1.82) is 0 Å². The first kappa shape index (κ1) is 14.6. The van der Waals surface area contributed by atoms with Crippen molar-refractivity contribution in [2.75, 3.05) is 0 Å². The van der Waals surface area contributed by atoms with Gasteiger partial charge in [0.25, 0.3) is 0 Å². The Kier molecular flexibility index (Phi) is 3.61. The van der Waals surface area contributed by atoms with Crippen LogP contribution in [-0.4, -0.2) is 25.2 Å². The summed E-state index contributed by atoms with van der Waals surface area (Å²) in [7, 11) is 0. The summed E-state index contributed by atoms with van der Waals surface area (Å²) < 4.78 is 2.26. The monoisotopic (exact) mass is 317 g/mol. The molecule has 0 bridgehead atoms. The van der Waals surface area contributed by atoms with E-state index < -0.39 is 0 Å². The quantitative estimate of drug-likeness (QED) is 0.619. The molecule has 120 valence electrons. The molecule has 0 saturated heterocycles. The number of aromatic nitrogens is 5. The zero-order valence-electron chi connectivity index (χ0n) is 13.8. The Morgan fingerprint density at radius 2 is 1.88 bits per heavy atom. The summed E-state index contributed by atoms with van der Waals surface area (Å²) in [4.78, 5) is 0. The molecule has 0 aliphatic carbocycles.